The molecule has 2 aromatic carbocycles. The number of benzene rings is 2. The van der Waals surface area contributed by atoms with Gasteiger partial charge in [0.05, 0.1) is 19.2 Å². The highest BCUT2D eigenvalue weighted by Crippen LogP contribution is 2.25. The fraction of sp³-hybridized carbons (Fsp3) is 0.348. The van der Waals surface area contributed by atoms with Gasteiger partial charge in [-0.05, 0) is 61.6 Å². The van der Waals surface area contributed by atoms with Crippen LogP contribution in [0.3, 0.4) is 0 Å². The predicted molar refractivity (Wildman–Crippen MR) is 119 cm³/mol. The van der Waals surface area contributed by atoms with Gasteiger partial charge in [0.1, 0.15) is 17.1 Å². The van der Waals surface area contributed by atoms with E-state index in [1.165, 1.54) is 11.1 Å². The number of fused-ring (bicyclic) bond motifs is 1. The van der Waals surface area contributed by atoms with Crippen molar-refractivity contribution in [3.63, 3.8) is 0 Å². The molecule has 0 fully saturated rings. The Morgan fingerprint density at radius 2 is 1.79 bits per heavy atom. The fourth-order valence-electron chi connectivity index (χ4n) is 3.08. The molecule has 1 atom stereocenters. The van der Waals surface area contributed by atoms with Crippen LogP contribution in [-0.2, 0) is 17.6 Å². The van der Waals surface area contributed by atoms with E-state index in [0.29, 0.717) is 0 Å². The van der Waals surface area contributed by atoms with Gasteiger partial charge in [-0.1, -0.05) is 31.2 Å². The van der Waals surface area contributed by atoms with Gasteiger partial charge >= 0.3 is 0 Å². The van der Waals surface area contributed by atoms with Gasteiger partial charge in [0.25, 0.3) is 0 Å². The Hall–Kier alpha value is -2.50. The van der Waals surface area contributed by atoms with Gasteiger partial charge in [0.15, 0.2) is 0 Å². The summed E-state index contributed by atoms with van der Waals surface area (Å²) in [5.74, 6) is 1.35. The molecule has 0 saturated carbocycles. The predicted octanol–water partition coefficient (Wildman–Crippen LogP) is 4.56. The van der Waals surface area contributed by atoms with Crippen LogP contribution in [0, 0.1) is 0 Å². The maximum Gasteiger partial charge on any atom is 0.231 e. The normalized spacial score (nSPS) is 11.8. The van der Waals surface area contributed by atoms with Crippen molar-refractivity contribution >= 4 is 29.3 Å². The molecule has 0 aliphatic carbocycles. The Morgan fingerprint density at radius 3 is 2.48 bits per heavy atom. The summed E-state index contributed by atoms with van der Waals surface area (Å²) in [4.78, 5) is 10.9. The molecule has 0 bridgehead atoms. The van der Waals surface area contributed by atoms with Gasteiger partial charge in [-0.25, -0.2) is 0 Å². The number of nitrogens with one attached hydrogen (secondary N) is 1. The maximum atomic E-state index is 10.9. The molecular weight excluding hydrogens is 388 g/mol. The monoisotopic (exact) mass is 416 g/mol. The zero-order chi connectivity index (χ0) is 19.9. The van der Waals surface area contributed by atoms with E-state index in [4.69, 9.17) is 14.9 Å². The molecule has 0 aliphatic rings. The minimum absolute atomic E-state index is 0. The third kappa shape index (κ3) is 6.51. The number of furan rings is 1. The van der Waals surface area contributed by atoms with Crippen LogP contribution in [0.15, 0.2) is 52.9 Å². The number of primary amides is 1. The summed E-state index contributed by atoms with van der Waals surface area (Å²) in [6, 6.07) is 16.6. The van der Waals surface area contributed by atoms with Gasteiger partial charge in [-0.15, -0.1) is 12.4 Å². The number of nitrogens with two attached hydrogens (primary N) is 1. The summed E-state index contributed by atoms with van der Waals surface area (Å²) < 4.78 is 11.6. The van der Waals surface area contributed by atoms with E-state index in [1.807, 2.05) is 25.1 Å². The van der Waals surface area contributed by atoms with Crippen molar-refractivity contribution in [2.45, 2.75) is 39.2 Å². The second-order valence-corrected chi connectivity index (χ2v) is 7.08. The molecule has 0 saturated heterocycles. The van der Waals surface area contributed by atoms with Crippen molar-refractivity contribution < 1.29 is 13.9 Å². The maximum absolute atomic E-state index is 10.9. The zero-order valence-corrected chi connectivity index (χ0v) is 17.8. The standard InChI is InChI=1S/C23H28N2O3.ClH/c1-3-12-27-20-10-7-17(8-11-20)4-5-18-6-9-19-14-21(28-22(19)13-18)16(2)25-15-23(24)26;/h6-11,13-14,16,25H,3-5,12,15H2,1-2H3,(H2,24,26);1H. The number of carbonyl (C=O) groups is 1. The molecule has 1 heterocycles. The summed E-state index contributed by atoms with van der Waals surface area (Å²) in [5.41, 5.74) is 8.57. The van der Waals surface area contributed by atoms with E-state index in [9.17, 15) is 4.79 Å². The first kappa shape index (κ1) is 22.8. The number of ether oxygens (including phenoxy) is 1. The number of hydrogen-bond donors (Lipinski definition) is 2. The topological polar surface area (TPSA) is 77.5 Å². The molecular formula is C23H29ClN2O3. The second kappa shape index (κ2) is 10.9. The first-order chi connectivity index (χ1) is 13.5. The molecule has 0 radical (unpaired) electrons. The van der Waals surface area contributed by atoms with E-state index in [2.05, 4.69) is 42.6 Å². The van der Waals surface area contributed by atoms with Crippen molar-refractivity contribution in [3.05, 3.63) is 65.4 Å². The number of hydrogen-bond acceptors (Lipinski definition) is 4. The van der Waals surface area contributed by atoms with Gasteiger partial charge in [0.2, 0.25) is 5.91 Å². The molecule has 156 valence electrons. The first-order valence-electron chi connectivity index (χ1n) is 9.81. The van der Waals surface area contributed by atoms with E-state index in [1.54, 1.807) is 0 Å². The molecule has 3 aromatic rings. The average Bonchev–Trinajstić information content (AvgIpc) is 3.13. The summed E-state index contributed by atoms with van der Waals surface area (Å²) in [6.07, 6.45) is 2.92. The van der Waals surface area contributed by atoms with Crippen molar-refractivity contribution in [1.29, 1.82) is 0 Å². The Bertz CT molecular complexity index is 922. The zero-order valence-electron chi connectivity index (χ0n) is 16.9. The average molecular weight is 417 g/mol. The molecule has 3 rings (SSSR count). The lowest BCUT2D eigenvalue weighted by Crippen LogP contribution is -2.30. The van der Waals surface area contributed by atoms with E-state index in [0.717, 1.165) is 48.3 Å². The summed E-state index contributed by atoms with van der Waals surface area (Å²) in [6.45, 7) is 4.94. The Balaban J connectivity index is 0.00000300. The van der Waals surface area contributed by atoms with E-state index in [-0.39, 0.29) is 30.9 Å². The third-order valence-electron chi connectivity index (χ3n) is 4.71. The van der Waals surface area contributed by atoms with Crippen molar-refractivity contribution in [1.82, 2.24) is 5.32 Å². The van der Waals surface area contributed by atoms with Crippen LogP contribution in [-0.4, -0.2) is 19.1 Å². The van der Waals surface area contributed by atoms with Crippen LogP contribution in [0.2, 0.25) is 0 Å². The molecule has 0 aliphatic heterocycles. The Labute approximate surface area is 178 Å². The summed E-state index contributed by atoms with van der Waals surface area (Å²) in [5, 5.41) is 4.12. The molecule has 0 spiro atoms. The molecule has 5 nitrogen and oxygen atoms in total. The molecule has 3 N–H and O–H groups in total. The molecule has 29 heavy (non-hydrogen) atoms. The van der Waals surface area contributed by atoms with Crippen LogP contribution in [0.5, 0.6) is 5.75 Å². The smallest absolute Gasteiger partial charge is 0.231 e. The quantitative estimate of drug-likeness (QED) is 0.507. The highest BCUT2D eigenvalue weighted by molar-refractivity contribution is 5.85. The fourth-order valence-corrected chi connectivity index (χ4v) is 3.08. The van der Waals surface area contributed by atoms with E-state index >= 15 is 0 Å². The van der Waals surface area contributed by atoms with Crippen LogP contribution in [0.1, 0.15) is 43.2 Å². The van der Waals surface area contributed by atoms with Gasteiger partial charge in [0, 0.05) is 5.39 Å². The lowest BCUT2D eigenvalue weighted by atomic mass is 10.0. The number of rotatable bonds is 10. The highest BCUT2D eigenvalue weighted by Gasteiger charge is 2.12. The lowest BCUT2D eigenvalue weighted by molar-refractivity contribution is -0.117. The molecule has 6 heteroatoms. The molecule has 1 unspecified atom stereocenters. The van der Waals surface area contributed by atoms with Gasteiger partial charge in [-0.3, -0.25) is 10.1 Å². The van der Waals surface area contributed by atoms with Crippen LogP contribution < -0.4 is 15.8 Å². The second-order valence-electron chi connectivity index (χ2n) is 7.08. The van der Waals surface area contributed by atoms with Crippen molar-refractivity contribution in [2.75, 3.05) is 13.2 Å². The summed E-state index contributed by atoms with van der Waals surface area (Å²) >= 11 is 0. The Kier molecular flexibility index (Phi) is 8.55. The highest BCUT2D eigenvalue weighted by atomic mass is 35.5. The van der Waals surface area contributed by atoms with Crippen LogP contribution >= 0.6 is 12.4 Å². The molecule has 1 amide bonds. The molecule has 1 aromatic heterocycles. The summed E-state index contributed by atoms with van der Waals surface area (Å²) in [7, 11) is 0. The lowest BCUT2D eigenvalue weighted by Gasteiger charge is -2.08. The van der Waals surface area contributed by atoms with E-state index < -0.39 is 0 Å². The number of aryl methyl sites for hydroxylation is 2. The SMILES string of the molecule is CCCOc1ccc(CCc2ccc3cc(C(C)NCC(N)=O)oc3c2)cc1.Cl. The number of amides is 1. The van der Waals surface area contributed by atoms with Crippen molar-refractivity contribution in [2.24, 2.45) is 5.73 Å². The minimum atomic E-state index is -0.379. The van der Waals surface area contributed by atoms with Crippen LogP contribution in [0.25, 0.3) is 11.0 Å². The number of halogens is 1. The number of carbonyl (C=O) groups excluding carboxylic acids is 1. The first-order valence-corrected chi connectivity index (χ1v) is 9.81. The minimum Gasteiger partial charge on any atom is -0.494 e. The van der Waals surface area contributed by atoms with Crippen LogP contribution in [0.4, 0.5) is 0 Å². The largest absolute Gasteiger partial charge is 0.494 e. The Morgan fingerprint density at radius 1 is 1.10 bits per heavy atom. The van der Waals surface area contributed by atoms with Gasteiger partial charge < -0.3 is 14.9 Å². The van der Waals surface area contributed by atoms with Crippen molar-refractivity contribution in [3.8, 4) is 5.75 Å². The third-order valence-corrected chi connectivity index (χ3v) is 4.71. The van der Waals surface area contributed by atoms with Gasteiger partial charge in [-0.2, -0.15) is 0 Å².